The average Bonchev–Trinajstić information content (AvgIpc) is 2.45. The lowest BCUT2D eigenvalue weighted by atomic mass is 10.3. The van der Waals surface area contributed by atoms with E-state index >= 15 is 0 Å². The molecule has 0 N–H and O–H groups in total. The highest BCUT2D eigenvalue weighted by Crippen LogP contribution is 2.24. The summed E-state index contributed by atoms with van der Waals surface area (Å²) in [5.74, 6) is 0.166. The van der Waals surface area contributed by atoms with E-state index in [1.54, 1.807) is 17.3 Å². The van der Waals surface area contributed by atoms with Gasteiger partial charge < -0.3 is 4.90 Å². The molecule has 0 saturated carbocycles. The molecule has 1 aliphatic rings. The van der Waals surface area contributed by atoms with Crippen LogP contribution in [-0.2, 0) is 4.79 Å². The Hall–Kier alpha value is -0.900. The monoisotopic (exact) mass is 254 g/mol. The van der Waals surface area contributed by atoms with Crippen LogP contribution in [0.1, 0.15) is 12.0 Å². The van der Waals surface area contributed by atoms with Gasteiger partial charge in [0, 0.05) is 24.0 Å². The molecule has 0 aromatic carbocycles. The summed E-state index contributed by atoms with van der Waals surface area (Å²) in [6.45, 7) is 2.71. The highest BCUT2D eigenvalue weighted by Gasteiger charge is 2.28. The van der Waals surface area contributed by atoms with Gasteiger partial charge in [0.05, 0.1) is 11.9 Å². The van der Waals surface area contributed by atoms with Gasteiger partial charge in [0.15, 0.2) is 0 Å². The maximum Gasteiger partial charge on any atom is 0.228 e. The summed E-state index contributed by atoms with van der Waals surface area (Å²) in [5, 5.41) is 0. The largest absolute Gasteiger partial charge is 0.310 e. The van der Waals surface area contributed by atoms with Crippen LogP contribution in [0.15, 0.2) is 18.5 Å². The number of alkyl halides is 1. The molecule has 0 aliphatic carbocycles. The molecule has 74 valence electrons. The minimum Gasteiger partial charge on any atom is -0.310 e. The van der Waals surface area contributed by atoms with Crippen LogP contribution in [0.3, 0.4) is 0 Å². The minimum atomic E-state index is 0.166. The van der Waals surface area contributed by atoms with Gasteiger partial charge in [-0.2, -0.15) is 0 Å². The lowest BCUT2D eigenvalue weighted by Gasteiger charge is -2.15. The third-order valence-electron chi connectivity index (χ3n) is 2.25. The average molecular weight is 255 g/mol. The molecule has 1 atom stereocenters. The van der Waals surface area contributed by atoms with Crippen LogP contribution >= 0.6 is 15.9 Å². The summed E-state index contributed by atoms with van der Waals surface area (Å²) in [6, 6.07) is 1.98. The van der Waals surface area contributed by atoms with Crippen LogP contribution in [0, 0.1) is 6.92 Å². The van der Waals surface area contributed by atoms with Crippen molar-refractivity contribution in [3.8, 4) is 0 Å². The van der Waals surface area contributed by atoms with Gasteiger partial charge in [0.2, 0.25) is 5.91 Å². The Kier molecular flexibility index (Phi) is 2.54. The number of hydrogen-bond acceptors (Lipinski definition) is 2. The van der Waals surface area contributed by atoms with E-state index in [9.17, 15) is 4.79 Å². The zero-order valence-electron chi connectivity index (χ0n) is 7.90. The summed E-state index contributed by atoms with van der Waals surface area (Å²) >= 11 is 3.45. The Morgan fingerprint density at radius 2 is 2.36 bits per heavy atom. The molecule has 1 aliphatic heterocycles. The van der Waals surface area contributed by atoms with Gasteiger partial charge in [-0.1, -0.05) is 15.9 Å². The summed E-state index contributed by atoms with van der Waals surface area (Å²) in [6.07, 6.45) is 4.10. The Balaban J connectivity index is 2.27. The molecule has 1 aromatic heterocycles. The number of nitrogens with zero attached hydrogens (tertiary/aromatic N) is 2. The molecule has 0 radical (unpaired) electrons. The van der Waals surface area contributed by atoms with Crippen molar-refractivity contribution in [3.63, 3.8) is 0 Å². The van der Waals surface area contributed by atoms with Gasteiger partial charge in [0.25, 0.3) is 0 Å². The molecule has 1 saturated heterocycles. The number of carbonyl (C=O) groups is 1. The highest BCUT2D eigenvalue weighted by molar-refractivity contribution is 9.09. The Morgan fingerprint density at radius 1 is 1.57 bits per heavy atom. The molecule has 1 aromatic rings. The number of halogens is 1. The predicted molar refractivity (Wildman–Crippen MR) is 58.7 cm³/mol. The van der Waals surface area contributed by atoms with E-state index in [4.69, 9.17) is 0 Å². The molecule has 4 heteroatoms. The first-order valence-corrected chi connectivity index (χ1v) is 5.44. The number of pyridine rings is 1. The third kappa shape index (κ3) is 1.80. The van der Waals surface area contributed by atoms with Crippen molar-refractivity contribution in [2.24, 2.45) is 0 Å². The first kappa shape index (κ1) is 9.65. The number of anilines is 1. The lowest BCUT2D eigenvalue weighted by Crippen LogP contribution is -2.24. The normalized spacial score (nSPS) is 21.7. The number of rotatable bonds is 1. The van der Waals surface area contributed by atoms with Crippen molar-refractivity contribution in [3.05, 3.63) is 24.0 Å². The van der Waals surface area contributed by atoms with E-state index in [0.29, 0.717) is 6.42 Å². The Bertz CT molecular complexity index is 367. The zero-order valence-corrected chi connectivity index (χ0v) is 9.49. The van der Waals surface area contributed by atoms with Gasteiger partial charge in [-0.15, -0.1) is 0 Å². The minimum absolute atomic E-state index is 0.166. The first-order valence-electron chi connectivity index (χ1n) is 4.53. The third-order valence-corrected chi connectivity index (χ3v) is 2.86. The van der Waals surface area contributed by atoms with Gasteiger partial charge in [-0.05, 0) is 18.6 Å². The van der Waals surface area contributed by atoms with Crippen molar-refractivity contribution in [2.75, 3.05) is 11.4 Å². The van der Waals surface area contributed by atoms with E-state index in [0.717, 1.165) is 17.8 Å². The van der Waals surface area contributed by atoms with Crippen LogP contribution in [0.2, 0.25) is 0 Å². The summed E-state index contributed by atoms with van der Waals surface area (Å²) < 4.78 is 0. The van der Waals surface area contributed by atoms with Gasteiger partial charge >= 0.3 is 0 Å². The first-order chi connectivity index (χ1) is 6.66. The highest BCUT2D eigenvalue weighted by atomic mass is 79.9. The molecule has 3 nitrogen and oxygen atoms in total. The molecular weight excluding hydrogens is 244 g/mol. The van der Waals surface area contributed by atoms with Crippen molar-refractivity contribution in [2.45, 2.75) is 18.2 Å². The molecule has 1 unspecified atom stereocenters. The number of hydrogen-bond donors (Lipinski definition) is 0. The van der Waals surface area contributed by atoms with Crippen molar-refractivity contribution >= 4 is 27.5 Å². The van der Waals surface area contributed by atoms with Crippen molar-refractivity contribution in [1.82, 2.24) is 4.98 Å². The van der Waals surface area contributed by atoms with Crippen LogP contribution in [0.4, 0.5) is 5.69 Å². The van der Waals surface area contributed by atoms with Crippen LogP contribution < -0.4 is 4.90 Å². The Morgan fingerprint density at radius 3 is 2.93 bits per heavy atom. The van der Waals surface area contributed by atoms with Gasteiger partial charge in [-0.3, -0.25) is 9.78 Å². The smallest absolute Gasteiger partial charge is 0.228 e. The Labute approximate surface area is 91.3 Å². The zero-order chi connectivity index (χ0) is 10.1. The molecule has 14 heavy (non-hydrogen) atoms. The van der Waals surface area contributed by atoms with Crippen molar-refractivity contribution < 1.29 is 4.79 Å². The summed E-state index contributed by atoms with van der Waals surface area (Å²) in [5.41, 5.74) is 1.98. The van der Waals surface area contributed by atoms with Gasteiger partial charge in [0.1, 0.15) is 0 Å². The van der Waals surface area contributed by atoms with E-state index in [2.05, 4.69) is 20.9 Å². The molecule has 1 amide bonds. The topological polar surface area (TPSA) is 33.2 Å². The molecule has 0 spiro atoms. The number of aryl methyl sites for hydroxylation is 1. The molecule has 2 rings (SSSR count). The van der Waals surface area contributed by atoms with E-state index in [1.165, 1.54) is 0 Å². The number of aromatic nitrogens is 1. The second-order valence-electron chi connectivity index (χ2n) is 3.53. The van der Waals surface area contributed by atoms with Crippen LogP contribution in [0.25, 0.3) is 0 Å². The van der Waals surface area contributed by atoms with E-state index < -0.39 is 0 Å². The lowest BCUT2D eigenvalue weighted by molar-refractivity contribution is -0.117. The molecule has 2 heterocycles. The number of amides is 1. The predicted octanol–water partition coefficient (Wildman–Crippen LogP) is 1.89. The van der Waals surface area contributed by atoms with Gasteiger partial charge in [-0.25, -0.2) is 0 Å². The maximum absolute atomic E-state index is 11.6. The van der Waals surface area contributed by atoms with Crippen molar-refractivity contribution in [1.29, 1.82) is 0 Å². The SMILES string of the molecule is Cc1cncc(N2CC(Br)CC2=O)c1. The maximum atomic E-state index is 11.6. The molecular formula is C10H11BrN2O. The summed E-state index contributed by atoms with van der Waals surface area (Å²) in [4.78, 5) is 17.7. The number of carbonyl (C=O) groups excluding carboxylic acids is 1. The van der Waals surface area contributed by atoms with E-state index in [1.807, 2.05) is 13.0 Å². The summed E-state index contributed by atoms with van der Waals surface area (Å²) in [7, 11) is 0. The second-order valence-corrected chi connectivity index (χ2v) is 4.82. The van der Waals surface area contributed by atoms with Crippen LogP contribution in [0.5, 0.6) is 0 Å². The van der Waals surface area contributed by atoms with Crippen LogP contribution in [-0.4, -0.2) is 22.3 Å². The quantitative estimate of drug-likeness (QED) is 0.718. The fraction of sp³-hybridized carbons (Fsp3) is 0.400. The standard InChI is InChI=1S/C10H11BrN2O/c1-7-2-9(5-12-4-7)13-6-8(11)3-10(13)14/h2,4-5,8H,3,6H2,1H3. The van der Waals surface area contributed by atoms with E-state index in [-0.39, 0.29) is 10.7 Å². The fourth-order valence-electron chi connectivity index (χ4n) is 1.60. The second kappa shape index (κ2) is 3.69. The molecule has 1 fully saturated rings. The fourth-order valence-corrected chi connectivity index (χ4v) is 2.17. The molecule has 0 bridgehead atoms.